The topological polar surface area (TPSA) is 75.2 Å². The SMILES string of the molecule is C=CCN(CC(F)(F)F)C(=O)CCn1c(=O)[nH]c(=O)c2ccccc21. The molecule has 0 saturated carbocycles. The van der Waals surface area contributed by atoms with Crippen LogP contribution in [-0.4, -0.2) is 39.6 Å². The van der Waals surface area contributed by atoms with Crippen molar-refractivity contribution >= 4 is 16.8 Å². The van der Waals surface area contributed by atoms with E-state index in [9.17, 15) is 27.6 Å². The maximum atomic E-state index is 12.5. The number of hydrogen-bond acceptors (Lipinski definition) is 3. The van der Waals surface area contributed by atoms with Crippen molar-refractivity contribution in [3.63, 3.8) is 0 Å². The van der Waals surface area contributed by atoms with Crippen LogP contribution in [0.3, 0.4) is 0 Å². The number of benzene rings is 1. The van der Waals surface area contributed by atoms with Crippen molar-refractivity contribution < 1.29 is 18.0 Å². The number of nitrogens with one attached hydrogen (secondary N) is 1. The van der Waals surface area contributed by atoms with E-state index in [-0.39, 0.29) is 24.9 Å². The highest BCUT2D eigenvalue weighted by atomic mass is 19.4. The predicted molar refractivity (Wildman–Crippen MR) is 86.3 cm³/mol. The molecular weight excluding hydrogens is 339 g/mol. The van der Waals surface area contributed by atoms with Crippen molar-refractivity contribution in [2.45, 2.75) is 19.1 Å². The third-order valence-corrected chi connectivity index (χ3v) is 3.53. The number of amides is 1. The summed E-state index contributed by atoms with van der Waals surface area (Å²) in [5.41, 5.74) is -0.966. The molecule has 0 unspecified atom stereocenters. The molecule has 1 aromatic carbocycles. The minimum absolute atomic E-state index is 0.152. The van der Waals surface area contributed by atoms with Crippen LogP contribution in [0.15, 0.2) is 46.5 Å². The van der Waals surface area contributed by atoms with Crippen LogP contribution in [0.2, 0.25) is 0 Å². The summed E-state index contributed by atoms with van der Waals surface area (Å²) in [5.74, 6) is -0.764. The summed E-state index contributed by atoms with van der Waals surface area (Å²) in [7, 11) is 0. The molecule has 25 heavy (non-hydrogen) atoms. The smallest absolute Gasteiger partial charge is 0.330 e. The van der Waals surface area contributed by atoms with Crippen molar-refractivity contribution in [2.75, 3.05) is 13.1 Å². The number of alkyl halides is 3. The summed E-state index contributed by atoms with van der Waals surface area (Å²) in [6, 6.07) is 6.28. The first kappa shape index (κ1) is 18.5. The highest BCUT2D eigenvalue weighted by Gasteiger charge is 2.32. The molecule has 2 rings (SSSR count). The van der Waals surface area contributed by atoms with Gasteiger partial charge in [-0.3, -0.25) is 19.1 Å². The molecule has 2 aromatic rings. The third-order valence-electron chi connectivity index (χ3n) is 3.53. The number of aromatic nitrogens is 2. The number of aryl methyl sites for hydroxylation is 1. The van der Waals surface area contributed by atoms with Gasteiger partial charge in [-0.25, -0.2) is 4.79 Å². The highest BCUT2D eigenvalue weighted by molar-refractivity contribution is 5.79. The lowest BCUT2D eigenvalue weighted by atomic mass is 10.2. The second-order valence-corrected chi connectivity index (χ2v) is 5.36. The molecule has 9 heteroatoms. The van der Waals surface area contributed by atoms with Gasteiger partial charge in [0.2, 0.25) is 5.91 Å². The van der Waals surface area contributed by atoms with Gasteiger partial charge in [-0.15, -0.1) is 6.58 Å². The Bertz CT molecular complexity index is 899. The number of nitrogens with zero attached hydrogens (tertiary/aromatic N) is 2. The van der Waals surface area contributed by atoms with E-state index in [1.165, 1.54) is 18.2 Å². The number of hydrogen-bond donors (Lipinski definition) is 1. The van der Waals surface area contributed by atoms with Gasteiger partial charge in [0.1, 0.15) is 6.54 Å². The minimum Gasteiger partial charge on any atom is -0.330 e. The van der Waals surface area contributed by atoms with Crippen molar-refractivity contribution in [3.8, 4) is 0 Å². The zero-order chi connectivity index (χ0) is 18.6. The average molecular weight is 355 g/mol. The van der Waals surface area contributed by atoms with Crippen LogP contribution in [0.4, 0.5) is 13.2 Å². The largest absolute Gasteiger partial charge is 0.406 e. The molecule has 0 aliphatic rings. The lowest BCUT2D eigenvalue weighted by Crippen LogP contribution is -2.40. The Morgan fingerprint density at radius 1 is 1.28 bits per heavy atom. The fourth-order valence-electron chi connectivity index (χ4n) is 2.46. The summed E-state index contributed by atoms with van der Waals surface area (Å²) in [6.07, 6.45) is -3.65. The van der Waals surface area contributed by atoms with Crippen molar-refractivity contribution in [2.24, 2.45) is 0 Å². The molecule has 0 atom stereocenters. The van der Waals surface area contributed by atoms with Crippen LogP contribution < -0.4 is 11.2 Å². The monoisotopic (exact) mass is 355 g/mol. The van der Waals surface area contributed by atoms with E-state index in [1.807, 2.05) is 0 Å². The van der Waals surface area contributed by atoms with Gasteiger partial charge in [-0.05, 0) is 12.1 Å². The van der Waals surface area contributed by atoms with E-state index in [1.54, 1.807) is 12.1 Å². The number of carbonyl (C=O) groups excluding carboxylic acids is 1. The molecule has 1 aromatic heterocycles. The molecule has 1 heterocycles. The van der Waals surface area contributed by atoms with Crippen LogP contribution in [0.5, 0.6) is 0 Å². The van der Waals surface area contributed by atoms with Crippen molar-refractivity contribution in [3.05, 3.63) is 57.8 Å². The minimum atomic E-state index is -4.53. The van der Waals surface area contributed by atoms with Crippen LogP contribution in [0.25, 0.3) is 10.9 Å². The van der Waals surface area contributed by atoms with Gasteiger partial charge in [0.15, 0.2) is 0 Å². The Kier molecular flexibility index (Phi) is 5.45. The average Bonchev–Trinajstić information content (AvgIpc) is 2.53. The molecule has 0 fully saturated rings. The van der Waals surface area contributed by atoms with Crippen LogP contribution >= 0.6 is 0 Å². The molecule has 0 radical (unpaired) electrons. The molecule has 0 saturated heterocycles. The van der Waals surface area contributed by atoms with Gasteiger partial charge >= 0.3 is 11.9 Å². The van der Waals surface area contributed by atoms with Gasteiger partial charge in [0.25, 0.3) is 5.56 Å². The number of fused-ring (bicyclic) bond motifs is 1. The second-order valence-electron chi connectivity index (χ2n) is 5.36. The normalized spacial score (nSPS) is 11.5. The van der Waals surface area contributed by atoms with E-state index < -0.39 is 29.9 Å². The molecule has 0 spiro atoms. The molecule has 6 nitrogen and oxygen atoms in total. The van der Waals surface area contributed by atoms with E-state index in [0.717, 1.165) is 4.57 Å². The van der Waals surface area contributed by atoms with Crippen LogP contribution in [0, 0.1) is 0 Å². The van der Waals surface area contributed by atoms with E-state index in [2.05, 4.69) is 11.6 Å². The standard InChI is InChI=1S/C16H16F3N3O3/c1-2-8-21(10-16(17,18)19)13(23)7-9-22-12-6-4-3-5-11(12)14(24)20-15(22)25/h2-6H,1,7-10H2,(H,20,24,25). The summed E-state index contributed by atoms with van der Waals surface area (Å²) < 4.78 is 38.8. The van der Waals surface area contributed by atoms with Crippen molar-refractivity contribution in [1.29, 1.82) is 0 Å². The number of para-hydroxylation sites is 1. The van der Waals surface area contributed by atoms with E-state index in [0.29, 0.717) is 10.4 Å². The first-order chi connectivity index (χ1) is 11.7. The fourth-order valence-corrected chi connectivity index (χ4v) is 2.46. The maximum Gasteiger partial charge on any atom is 0.406 e. The Balaban J connectivity index is 2.24. The van der Waals surface area contributed by atoms with Crippen LogP contribution in [0.1, 0.15) is 6.42 Å². The first-order valence-corrected chi connectivity index (χ1v) is 7.40. The van der Waals surface area contributed by atoms with Gasteiger partial charge < -0.3 is 4.90 Å². The number of H-pyrrole nitrogens is 1. The zero-order valence-electron chi connectivity index (χ0n) is 13.2. The van der Waals surface area contributed by atoms with Crippen molar-refractivity contribution in [1.82, 2.24) is 14.5 Å². The zero-order valence-corrected chi connectivity index (χ0v) is 13.2. The molecule has 0 bridgehead atoms. The van der Waals surface area contributed by atoms with Gasteiger partial charge in [-0.2, -0.15) is 13.2 Å². The molecule has 1 N–H and O–H groups in total. The van der Waals surface area contributed by atoms with E-state index in [4.69, 9.17) is 0 Å². The Morgan fingerprint density at radius 2 is 1.96 bits per heavy atom. The van der Waals surface area contributed by atoms with Gasteiger partial charge in [-0.1, -0.05) is 18.2 Å². The summed E-state index contributed by atoms with van der Waals surface area (Å²) in [6.45, 7) is 1.55. The number of halogens is 3. The van der Waals surface area contributed by atoms with E-state index >= 15 is 0 Å². The summed E-state index contributed by atoms with van der Waals surface area (Å²) >= 11 is 0. The molecule has 0 aliphatic carbocycles. The molecular formula is C16H16F3N3O3. The fraction of sp³-hybridized carbons (Fsp3) is 0.312. The van der Waals surface area contributed by atoms with Gasteiger partial charge in [0, 0.05) is 19.5 Å². The highest BCUT2D eigenvalue weighted by Crippen LogP contribution is 2.17. The third kappa shape index (κ3) is 4.59. The Labute approximate surface area is 140 Å². The Hall–Kier alpha value is -2.84. The summed E-state index contributed by atoms with van der Waals surface area (Å²) in [5, 5.41) is 0.257. The maximum absolute atomic E-state index is 12.5. The number of rotatable bonds is 6. The van der Waals surface area contributed by atoms with Crippen LogP contribution in [-0.2, 0) is 11.3 Å². The van der Waals surface area contributed by atoms with Gasteiger partial charge in [0.05, 0.1) is 10.9 Å². The Morgan fingerprint density at radius 3 is 2.60 bits per heavy atom. The molecule has 1 amide bonds. The quantitative estimate of drug-likeness (QED) is 0.801. The number of aromatic amines is 1. The molecule has 0 aliphatic heterocycles. The summed E-state index contributed by atoms with van der Waals surface area (Å²) in [4.78, 5) is 38.6. The second kappa shape index (κ2) is 7.37. The number of carbonyl (C=O) groups is 1. The predicted octanol–water partition coefficient (Wildman–Crippen LogP) is 1.66. The molecule has 134 valence electrons. The lowest BCUT2D eigenvalue weighted by molar-refractivity contribution is -0.160. The lowest BCUT2D eigenvalue weighted by Gasteiger charge is -2.22. The first-order valence-electron chi connectivity index (χ1n) is 7.40.